The van der Waals surface area contributed by atoms with Crippen LogP contribution in [0.3, 0.4) is 0 Å². The van der Waals surface area contributed by atoms with Crippen molar-refractivity contribution < 1.29 is 4.42 Å². The number of benzene rings is 8. The van der Waals surface area contributed by atoms with Gasteiger partial charge in [0.15, 0.2) is 7.28 Å². The number of nitrogens with zero attached hydrogens (tertiary/aromatic N) is 1. The van der Waals surface area contributed by atoms with Crippen LogP contribution in [-0.2, 0) is 16.2 Å². The molecule has 0 saturated carbocycles. The summed E-state index contributed by atoms with van der Waals surface area (Å²) in [5, 5.41) is 7.29. The van der Waals surface area contributed by atoms with E-state index in [4.69, 9.17) is 4.42 Å². The summed E-state index contributed by atoms with van der Waals surface area (Å²) >= 11 is 0. The number of H-pyrrole nitrogens is 1. The minimum absolute atomic E-state index is 0.0573. The summed E-state index contributed by atoms with van der Waals surface area (Å²) in [5.41, 5.74) is 22.8. The molecule has 0 fully saturated rings. The van der Waals surface area contributed by atoms with Gasteiger partial charge in [-0.05, 0) is 111 Å². The fourth-order valence-electron chi connectivity index (χ4n) is 13.0. The number of furan rings is 1. The normalized spacial score (nSPS) is 17.1. The van der Waals surface area contributed by atoms with Crippen molar-refractivity contribution in [2.24, 2.45) is 0 Å². The first kappa shape index (κ1) is 41.4. The van der Waals surface area contributed by atoms with Crippen molar-refractivity contribution in [2.45, 2.75) is 103 Å². The Morgan fingerprint density at radius 3 is 2.10 bits per heavy atom. The van der Waals surface area contributed by atoms with Gasteiger partial charge < -0.3 is 14.3 Å². The predicted molar refractivity (Wildman–Crippen MR) is 292 cm³/mol. The topological polar surface area (TPSA) is 32.2 Å². The molecule has 3 heterocycles. The Balaban J connectivity index is 1.18. The molecule has 0 unspecified atom stereocenters. The number of aromatic amines is 1. The Bertz CT molecular complexity index is 3780. The maximum absolute atomic E-state index is 7.08. The Kier molecular flexibility index (Phi) is 8.90. The van der Waals surface area contributed by atoms with E-state index in [0.717, 1.165) is 42.2 Å². The predicted octanol–water partition coefficient (Wildman–Crippen LogP) is 16.8. The summed E-state index contributed by atoms with van der Waals surface area (Å²) < 4.78 is 7.08. The molecule has 13 rings (SSSR count). The van der Waals surface area contributed by atoms with Crippen LogP contribution < -0.4 is 10.4 Å². The number of nitrogens with one attached hydrogen (secondary N) is 1. The summed E-state index contributed by atoms with van der Waals surface area (Å²) in [4.78, 5) is 6.77. The molecule has 0 saturated heterocycles. The average Bonchev–Trinajstić information content (AvgIpc) is 3.99. The summed E-state index contributed by atoms with van der Waals surface area (Å²) in [6, 6.07) is 55.2. The molecule has 0 amide bonds. The lowest BCUT2D eigenvalue weighted by atomic mass is 9.51. The van der Waals surface area contributed by atoms with E-state index in [9.17, 15) is 0 Å². The summed E-state index contributed by atoms with van der Waals surface area (Å²) in [5.74, 6) is 0.438. The van der Waals surface area contributed by atoms with Crippen LogP contribution in [0.5, 0.6) is 0 Å². The number of anilines is 2. The summed E-state index contributed by atoms with van der Waals surface area (Å²) in [7, 11) is 0.816. The number of hydrogen-bond donors (Lipinski definition) is 1. The minimum Gasteiger partial charge on any atom is -0.456 e. The highest BCUT2D eigenvalue weighted by molar-refractivity contribution is 6.69. The van der Waals surface area contributed by atoms with Crippen LogP contribution in [0.25, 0.3) is 82.5 Å². The van der Waals surface area contributed by atoms with Gasteiger partial charge in [-0.2, -0.15) is 0 Å². The lowest BCUT2D eigenvalue weighted by molar-refractivity contribution is 0.331. The molecule has 2 aliphatic carbocycles. The van der Waals surface area contributed by atoms with Gasteiger partial charge in [0, 0.05) is 49.3 Å². The van der Waals surface area contributed by atoms with Crippen molar-refractivity contribution in [3.8, 4) is 22.3 Å². The van der Waals surface area contributed by atoms with E-state index in [1.54, 1.807) is 0 Å². The minimum atomic E-state index is -0.244. The smallest absolute Gasteiger partial charge is 0.194 e. The molecule has 3 aliphatic rings. The standard InChI is InChI=1S/C64H59BN2O/c1-9-18-37(2)40-28-30-52(46(33-40)38-19-11-10-12-20-38)67-59-48-34-50-51(63(5,6)32-31-62(50,3)4)36-49(48)64(7,8)61(59)65-56-47(35-54-55(60(56)67)45-23-15-16-26-53(45)68-54)43-25-17-24-42-44-29-27-39-21-13-14-22-41(39)57(44)66-58(42)43/h10-17,19-30,33-37,65-66H,9,18,31-32H2,1-8H3/t37-/m0/s1. The molecule has 68 heavy (non-hydrogen) atoms. The second kappa shape index (κ2) is 14.6. The number of hydrogen-bond acceptors (Lipinski definition) is 2. The van der Waals surface area contributed by atoms with Gasteiger partial charge >= 0.3 is 0 Å². The molecule has 1 N–H and O–H groups in total. The van der Waals surface area contributed by atoms with E-state index in [2.05, 4.69) is 211 Å². The Hall–Kier alpha value is -6.78. The molecule has 1 aliphatic heterocycles. The van der Waals surface area contributed by atoms with Crippen LogP contribution in [0.2, 0.25) is 0 Å². The summed E-state index contributed by atoms with van der Waals surface area (Å²) in [6.07, 6.45) is 4.65. The molecule has 0 bridgehead atoms. The van der Waals surface area contributed by atoms with Gasteiger partial charge in [0.05, 0.1) is 27.8 Å². The van der Waals surface area contributed by atoms with Crippen molar-refractivity contribution in [2.75, 3.05) is 4.90 Å². The van der Waals surface area contributed by atoms with Crippen LogP contribution in [0.1, 0.15) is 115 Å². The van der Waals surface area contributed by atoms with Crippen molar-refractivity contribution in [1.29, 1.82) is 0 Å². The second-order valence-electron chi connectivity index (χ2n) is 22.3. The molecular formula is C64H59BN2O. The van der Waals surface area contributed by atoms with Crippen molar-refractivity contribution in [3.63, 3.8) is 0 Å². The van der Waals surface area contributed by atoms with Gasteiger partial charge in [-0.3, -0.25) is 0 Å². The Labute approximate surface area is 401 Å². The first-order chi connectivity index (χ1) is 32.8. The first-order valence-electron chi connectivity index (χ1n) is 25.2. The molecule has 4 heteroatoms. The maximum Gasteiger partial charge on any atom is 0.194 e. The maximum atomic E-state index is 7.08. The van der Waals surface area contributed by atoms with E-state index < -0.39 is 0 Å². The fourth-order valence-corrected chi connectivity index (χ4v) is 13.0. The number of fused-ring (bicyclic) bond motifs is 13. The third kappa shape index (κ3) is 5.85. The monoisotopic (exact) mass is 882 g/mol. The molecular weight excluding hydrogens is 824 g/mol. The van der Waals surface area contributed by atoms with Crippen LogP contribution in [-0.4, -0.2) is 12.3 Å². The van der Waals surface area contributed by atoms with E-state index in [0.29, 0.717) is 5.92 Å². The van der Waals surface area contributed by atoms with Gasteiger partial charge in [-0.1, -0.05) is 183 Å². The SMILES string of the molecule is CCC[C@H](C)c1ccc(N2C3=C(Bc4c(-c5cccc6c5[nH]c5c7ccccc7ccc65)cc5oc6ccccc6c5c42)C(C)(C)c2cc4c(cc23)C(C)(C)CCC4(C)C)c(-c2ccccc2)c1. The zero-order valence-electron chi connectivity index (χ0n) is 40.8. The zero-order chi connectivity index (χ0) is 46.4. The second-order valence-corrected chi connectivity index (χ2v) is 22.3. The molecule has 2 aromatic heterocycles. The number of allylic oxidation sites excluding steroid dienone is 1. The lowest BCUT2D eigenvalue weighted by Gasteiger charge is -2.43. The van der Waals surface area contributed by atoms with Gasteiger partial charge in [0.1, 0.15) is 11.2 Å². The van der Waals surface area contributed by atoms with Crippen LogP contribution in [0.4, 0.5) is 11.4 Å². The van der Waals surface area contributed by atoms with E-state index in [1.165, 1.54) is 123 Å². The number of aromatic nitrogens is 1. The van der Waals surface area contributed by atoms with Crippen molar-refractivity contribution in [3.05, 3.63) is 179 Å². The third-order valence-corrected chi connectivity index (χ3v) is 17.0. The Morgan fingerprint density at radius 2 is 1.31 bits per heavy atom. The molecule has 10 aromatic rings. The Morgan fingerprint density at radius 1 is 0.603 bits per heavy atom. The highest BCUT2D eigenvalue weighted by Gasteiger charge is 2.48. The summed E-state index contributed by atoms with van der Waals surface area (Å²) in [6.45, 7) is 19.6. The van der Waals surface area contributed by atoms with Gasteiger partial charge in [-0.15, -0.1) is 0 Å². The van der Waals surface area contributed by atoms with Gasteiger partial charge in [0.25, 0.3) is 0 Å². The van der Waals surface area contributed by atoms with E-state index in [-0.39, 0.29) is 16.2 Å². The van der Waals surface area contributed by atoms with Crippen LogP contribution >= 0.6 is 0 Å². The van der Waals surface area contributed by atoms with Gasteiger partial charge in [-0.25, -0.2) is 0 Å². The largest absolute Gasteiger partial charge is 0.456 e. The highest BCUT2D eigenvalue weighted by atomic mass is 16.3. The molecule has 1 atom stereocenters. The molecule has 0 radical (unpaired) electrons. The first-order valence-corrected chi connectivity index (χ1v) is 25.2. The lowest BCUT2D eigenvalue weighted by Crippen LogP contribution is -2.38. The zero-order valence-corrected chi connectivity index (χ0v) is 40.8. The van der Waals surface area contributed by atoms with Crippen LogP contribution in [0.15, 0.2) is 155 Å². The molecule has 8 aromatic carbocycles. The van der Waals surface area contributed by atoms with E-state index >= 15 is 0 Å². The van der Waals surface area contributed by atoms with Gasteiger partial charge in [0.2, 0.25) is 0 Å². The highest BCUT2D eigenvalue weighted by Crippen LogP contribution is 2.59. The average molecular weight is 883 g/mol. The fraction of sp³-hybridized carbons (Fsp3) is 0.250. The molecule has 0 spiro atoms. The van der Waals surface area contributed by atoms with Crippen LogP contribution in [0, 0.1) is 0 Å². The number of rotatable bonds is 6. The molecule has 3 nitrogen and oxygen atoms in total. The van der Waals surface area contributed by atoms with Crippen molar-refractivity contribution >= 4 is 84.3 Å². The molecule has 334 valence electrons. The van der Waals surface area contributed by atoms with E-state index in [1.807, 2.05) is 0 Å². The third-order valence-electron chi connectivity index (χ3n) is 17.0. The number of para-hydroxylation sites is 2. The van der Waals surface area contributed by atoms with Crippen molar-refractivity contribution in [1.82, 2.24) is 4.98 Å². The quantitative estimate of drug-likeness (QED) is 0.169.